The molecule has 0 atom stereocenters. The first-order valence-corrected chi connectivity index (χ1v) is 16.9. The summed E-state index contributed by atoms with van der Waals surface area (Å²) in [5.74, 6) is 2.29. The molecule has 1 aromatic rings. The molecule has 0 saturated heterocycles. The van der Waals surface area contributed by atoms with Gasteiger partial charge in [-0.05, 0) is 49.3 Å². The summed E-state index contributed by atoms with van der Waals surface area (Å²) in [6.45, 7) is 15.4. The van der Waals surface area contributed by atoms with Crippen LogP contribution in [0, 0.1) is 11.8 Å². The second kappa shape index (κ2) is 22.0. The van der Waals surface area contributed by atoms with E-state index in [1.54, 1.807) is 13.2 Å². The summed E-state index contributed by atoms with van der Waals surface area (Å²) in [6, 6.07) is 3.71. The second-order valence-corrected chi connectivity index (χ2v) is 11.4. The van der Waals surface area contributed by atoms with Crippen LogP contribution < -0.4 is 10.5 Å². The minimum absolute atomic E-state index is 0.542. The molecule has 0 radical (unpaired) electrons. The van der Waals surface area contributed by atoms with Gasteiger partial charge in [-0.25, -0.2) is 4.79 Å². The van der Waals surface area contributed by atoms with Crippen LogP contribution in [0.25, 0.3) is 11.8 Å². The van der Waals surface area contributed by atoms with Crippen LogP contribution in [0.5, 0.6) is 5.75 Å². The molecule has 0 bridgehead atoms. The van der Waals surface area contributed by atoms with Gasteiger partial charge in [0.2, 0.25) is 0 Å². The summed E-state index contributed by atoms with van der Waals surface area (Å²) in [4.78, 5) is 13.5. The zero-order valence-corrected chi connectivity index (χ0v) is 28.0. The number of anilines is 1. The quantitative estimate of drug-likeness (QED) is 0.167. The maximum atomic E-state index is 11.1. The number of nitrogens with zero attached hydrogens (tertiary/aromatic N) is 1. The van der Waals surface area contributed by atoms with E-state index in [-0.39, 0.29) is 0 Å². The van der Waals surface area contributed by atoms with Crippen molar-refractivity contribution < 1.29 is 19.4 Å². The maximum absolute atomic E-state index is 11.1. The lowest BCUT2D eigenvalue weighted by Crippen LogP contribution is -2.36. The van der Waals surface area contributed by atoms with E-state index < -0.39 is 5.97 Å². The van der Waals surface area contributed by atoms with Crippen LogP contribution in [0.4, 0.5) is 5.69 Å². The highest BCUT2D eigenvalue weighted by Crippen LogP contribution is 2.38. The van der Waals surface area contributed by atoms with Crippen LogP contribution in [-0.2, 0) is 9.53 Å². The number of carbonyl (C=O) groups is 1. The average Bonchev–Trinajstić information content (AvgIpc) is 2.99. The molecule has 0 spiro atoms. The van der Waals surface area contributed by atoms with Gasteiger partial charge in [0, 0.05) is 35.9 Å². The topological polar surface area (TPSA) is 85.0 Å². The molecule has 1 aromatic carbocycles. The van der Waals surface area contributed by atoms with Crippen LogP contribution in [0.2, 0.25) is 0 Å². The van der Waals surface area contributed by atoms with Crippen LogP contribution in [0.1, 0.15) is 136 Å². The molecule has 0 unspecified atom stereocenters. The normalized spacial score (nSPS) is 15.6. The lowest BCUT2D eigenvalue weighted by atomic mass is 9.86. The number of hydrogen-bond donors (Lipinski definition) is 2. The molecule has 1 fully saturated rings. The molecule has 1 aliphatic carbocycles. The third-order valence-electron chi connectivity index (χ3n) is 8.07. The van der Waals surface area contributed by atoms with Crippen molar-refractivity contribution in [1.82, 2.24) is 4.90 Å². The molecular formula is C36H62N2O4. The van der Waals surface area contributed by atoms with E-state index in [4.69, 9.17) is 20.3 Å². The molecule has 6 heteroatoms. The number of allylic oxidation sites excluding steroid dienone is 1. The van der Waals surface area contributed by atoms with E-state index in [0.29, 0.717) is 29.5 Å². The summed E-state index contributed by atoms with van der Waals surface area (Å²) < 4.78 is 11.6. The van der Waals surface area contributed by atoms with Gasteiger partial charge >= 0.3 is 5.97 Å². The predicted molar refractivity (Wildman–Crippen MR) is 180 cm³/mol. The third kappa shape index (κ3) is 12.7. The van der Waals surface area contributed by atoms with Crippen LogP contribution in [-0.4, -0.2) is 42.8 Å². The Kier molecular flexibility index (Phi) is 19.6. The Morgan fingerprint density at radius 1 is 1.07 bits per heavy atom. The average molecular weight is 587 g/mol. The largest absolute Gasteiger partial charge is 0.497 e. The number of methoxy groups -OCH3 is 1. The highest BCUT2D eigenvalue weighted by atomic mass is 16.5. The van der Waals surface area contributed by atoms with Gasteiger partial charge in [-0.1, -0.05) is 99.3 Å². The highest BCUT2D eigenvalue weighted by Gasteiger charge is 2.27. The van der Waals surface area contributed by atoms with Crippen molar-refractivity contribution in [2.75, 3.05) is 32.5 Å². The Balaban J connectivity index is 0.000000673. The third-order valence-corrected chi connectivity index (χ3v) is 8.07. The number of benzene rings is 1. The molecule has 0 amide bonds. The minimum Gasteiger partial charge on any atom is -0.497 e. The Morgan fingerprint density at radius 2 is 1.74 bits per heavy atom. The van der Waals surface area contributed by atoms with Gasteiger partial charge in [-0.15, -0.1) is 0 Å². The monoisotopic (exact) mass is 586 g/mol. The van der Waals surface area contributed by atoms with Crippen LogP contribution in [0.3, 0.4) is 0 Å². The van der Waals surface area contributed by atoms with Crippen LogP contribution in [0.15, 0.2) is 24.0 Å². The molecule has 3 N–H and O–H groups in total. The van der Waals surface area contributed by atoms with Crippen molar-refractivity contribution >= 4 is 23.4 Å². The molecule has 2 aliphatic rings. The lowest BCUT2D eigenvalue weighted by molar-refractivity contribution is -0.131. The van der Waals surface area contributed by atoms with Gasteiger partial charge in [-0.2, -0.15) is 0 Å². The van der Waals surface area contributed by atoms with Crippen molar-refractivity contribution in [2.45, 2.75) is 125 Å². The zero-order valence-electron chi connectivity index (χ0n) is 28.0. The van der Waals surface area contributed by atoms with E-state index in [9.17, 15) is 4.79 Å². The Morgan fingerprint density at radius 3 is 2.29 bits per heavy atom. The number of nitrogen functional groups attached to an aromatic ring is 1. The SMILES string of the molecule is CC.CCCC1=C(c2cc(OC)cc(/C=C/C(=O)O)c2N)N(CC(CCC)CCC)CCO1.CCCC1CCCCC1. The second-order valence-electron chi connectivity index (χ2n) is 11.4. The van der Waals surface area contributed by atoms with E-state index in [1.165, 1.54) is 76.7 Å². The first-order valence-electron chi connectivity index (χ1n) is 16.9. The summed E-state index contributed by atoms with van der Waals surface area (Å²) in [5, 5.41) is 9.07. The maximum Gasteiger partial charge on any atom is 0.328 e. The van der Waals surface area contributed by atoms with Crippen molar-refractivity contribution in [3.63, 3.8) is 0 Å². The number of hydrogen-bond acceptors (Lipinski definition) is 5. The number of aliphatic carboxylic acids is 1. The molecule has 1 heterocycles. The molecule has 1 saturated carbocycles. The zero-order chi connectivity index (χ0) is 31.3. The lowest BCUT2D eigenvalue weighted by Gasteiger charge is -2.37. The minimum atomic E-state index is -1.01. The van der Waals surface area contributed by atoms with Crippen LogP contribution >= 0.6 is 0 Å². The van der Waals surface area contributed by atoms with E-state index in [2.05, 4.69) is 32.6 Å². The first kappa shape index (κ1) is 37.4. The van der Waals surface area contributed by atoms with Crippen molar-refractivity contribution in [3.8, 4) is 5.75 Å². The number of carboxylic acid groups (broad SMARTS) is 1. The van der Waals surface area contributed by atoms with Crippen molar-refractivity contribution in [1.29, 1.82) is 0 Å². The van der Waals surface area contributed by atoms with Gasteiger partial charge in [0.25, 0.3) is 0 Å². The molecule has 1 aliphatic heterocycles. The van der Waals surface area contributed by atoms with E-state index in [0.717, 1.165) is 54.9 Å². The Hall–Kier alpha value is -2.63. The molecule has 240 valence electrons. The summed E-state index contributed by atoms with van der Waals surface area (Å²) in [6.07, 6.45) is 19.6. The molecule has 3 rings (SSSR count). The van der Waals surface area contributed by atoms with Crippen molar-refractivity contribution in [3.05, 3.63) is 35.1 Å². The Bertz CT molecular complexity index is 941. The van der Waals surface area contributed by atoms with E-state index >= 15 is 0 Å². The fourth-order valence-electron chi connectivity index (χ4n) is 6.16. The molecule has 42 heavy (non-hydrogen) atoms. The van der Waals surface area contributed by atoms with Gasteiger partial charge in [0.15, 0.2) is 0 Å². The predicted octanol–water partition coefficient (Wildman–Crippen LogP) is 9.79. The first-order chi connectivity index (χ1) is 20.4. The molecular weight excluding hydrogens is 524 g/mol. The highest BCUT2D eigenvalue weighted by molar-refractivity contribution is 5.89. The fourth-order valence-corrected chi connectivity index (χ4v) is 6.16. The smallest absolute Gasteiger partial charge is 0.328 e. The van der Waals surface area contributed by atoms with Crippen molar-refractivity contribution in [2.24, 2.45) is 11.8 Å². The fraction of sp³-hybridized carbons (Fsp3) is 0.694. The van der Waals surface area contributed by atoms with Gasteiger partial charge in [0.1, 0.15) is 18.1 Å². The summed E-state index contributed by atoms with van der Waals surface area (Å²) >= 11 is 0. The summed E-state index contributed by atoms with van der Waals surface area (Å²) in [5.41, 5.74) is 9.61. The summed E-state index contributed by atoms with van der Waals surface area (Å²) in [7, 11) is 1.61. The number of nitrogens with two attached hydrogens (primary N) is 1. The molecule has 0 aromatic heterocycles. The van der Waals surface area contributed by atoms with Gasteiger partial charge < -0.3 is 25.2 Å². The number of ether oxygens (including phenoxy) is 2. The van der Waals surface area contributed by atoms with Gasteiger partial charge in [-0.3, -0.25) is 0 Å². The standard InChI is InChI=1S/C25H38N2O4.C9H18.C2H6/c1-5-8-18(9-6-2)17-27-13-14-31-22(10-7-3)25(27)21-16-20(30-4)15-19(24(21)26)11-12-23(28)29;1-2-6-9-7-4-3-5-8-9;1-2/h11-12,15-16,18H,5-10,13-14,17,26H2,1-4H3,(H,28,29);9H,2-8H2,1H3;1-2H3/b12-11+;;. The number of rotatable bonds is 14. The number of carboxylic acids is 1. The van der Waals surface area contributed by atoms with Gasteiger partial charge in [0.05, 0.1) is 19.4 Å². The molecule has 6 nitrogen and oxygen atoms in total. The Labute approximate surface area is 257 Å². The van der Waals surface area contributed by atoms with E-state index in [1.807, 2.05) is 19.9 Å².